The number of ether oxygens (including phenoxy) is 1. The average Bonchev–Trinajstić information content (AvgIpc) is 3.08. The van der Waals surface area contributed by atoms with E-state index in [1.54, 1.807) is 24.3 Å². The van der Waals surface area contributed by atoms with E-state index in [2.05, 4.69) is 10.0 Å². The minimum absolute atomic E-state index is 0.00292. The van der Waals surface area contributed by atoms with Gasteiger partial charge in [-0.25, -0.2) is 13.1 Å². The highest BCUT2D eigenvalue weighted by Gasteiger charge is 2.21. The van der Waals surface area contributed by atoms with Crippen LogP contribution in [0.1, 0.15) is 46.4 Å². The first kappa shape index (κ1) is 22.8. The highest BCUT2D eigenvalue weighted by atomic mass is 32.2. The molecule has 1 fully saturated rings. The van der Waals surface area contributed by atoms with Crippen molar-refractivity contribution in [2.45, 2.75) is 30.6 Å². The van der Waals surface area contributed by atoms with Gasteiger partial charge < -0.3 is 15.0 Å². The second kappa shape index (κ2) is 9.93. The van der Waals surface area contributed by atoms with Crippen LogP contribution in [0.5, 0.6) is 5.75 Å². The van der Waals surface area contributed by atoms with Crippen molar-refractivity contribution in [3.8, 4) is 5.75 Å². The van der Waals surface area contributed by atoms with Crippen LogP contribution < -0.4 is 14.8 Å². The quantitative estimate of drug-likeness (QED) is 0.711. The number of rotatable bonds is 6. The van der Waals surface area contributed by atoms with E-state index in [-0.39, 0.29) is 22.1 Å². The molecule has 0 aromatic heterocycles. The number of carbonyl (C=O) groups is 2. The lowest BCUT2D eigenvalue weighted by atomic mass is 10.1. The smallest absolute Gasteiger partial charge is 0.255 e. The van der Waals surface area contributed by atoms with Crippen molar-refractivity contribution in [1.82, 2.24) is 9.62 Å². The summed E-state index contributed by atoms with van der Waals surface area (Å²) in [4.78, 5) is 27.1. The number of methoxy groups -OCH3 is 1. The predicted octanol–water partition coefficient (Wildman–Crippen LogP) is 2.87. The predicted molar refractivity (Wildman–Crippen MR) is 118 cm³/mol. The van der Waals surface area contributed by atoms with E-state index in [4.69, 9.17) is 4.74 Å². The van der Waals surface area contributed by atoms with Crippen LogP contribution in [0.15, 0.2) is 47.4 Å². The van der Waals surface area contributed by atoms with Crippen LogP contribution in [-0.4, -0.2) is 52.4 Å². The molecule has 2 aromatic carbocycles. The van der Waals surface area contributed by atoms with Gasteiger partial charge in [-0.3, -0.25) is 9.59 Å². The van der Waals surface area contributed by atoms with Crippen LogP contribution in [0.2, 0.25) is 0 Å². The van der Waals surface area contributed by atoms with Gasteiger partial charge in [-0.05, 0) is 62.4 Å². The fourth-order valence-corrected chi connectivity index (χ4v) is 4.41. The maximum Gasteiger partial charge on any atom is 0.255 e. The fraction of sp³-hybridized carbons (Fsp3) is 0.364. The van der Waals surface area contributed by atoms with Gasteiger partial charge in [0.25, 0.3) is 11.8 Å². The first-order valence-corrected chi connectivity index (χ1v) is 11.7. The summed E-state index contributed by atoms with van der Waals surface area (Å²) in [5.74, 6) is -0.332. The summed E-state index contributed by atoms with van der Waals surface area (Å²) in [7, 11) is -1.15. The Kier molecular flexibility index (Phi) is 7.29. The second-order valence-electron chi connectivity index (χ2n) is 7.31. The lowest BCUT2D eigenvalue weighted by Gasteiger charge is -2.20. The minimum atomic E-state index is -3.80. The van der Waals surface area contributed by atoms with Gasteiger partial charge in [0.15, 0.2) is 0 Å². The third-order valence-corrected chi connectivity index (χ3v) is 6.70. The average molecular weight is 446 g/mol. The molecule has 0 aliphatic carbocycles. The van der Waals surface area contributed by atoms with Crippen molar-refractivity contribution in [3.05, 3.63) is 53.6 Å². The molecule has 1 saturated heterocycles. The topological polar surface area (TPSA) is 105 Å². The van der Waals surface area contributed by atoms with Gasteiger partial charge in [0, 0.05) is 29.9 Å². The van der Waals surface area contributed by atoms with Crippen LogP contribution in [-0.2, 0) is 10.0 Å². The van der Waals surface area contributed by atoms with Crippen molar-refractivity contribution in [1.29, 1.82) is 0 Å². The van der Waals surface area contributed by atoms with Crippen LogP contribution in [0.3, 0.4) is 0 Å². The summed E-state index contributed by atoms with van der Waals surface area (Å²) in [5.41, 5.74) is 1.25. The second-order valence-corrected chi connectivity index (χ2v) is 9.17. The molecule has 166 valence electrons. The summed E-state index contributed by atoms with van der Waals surface area (Å²) in [5, 5.41) is 2.73. The van der Waals surface area contributed by atoms with Gasteiger partial charge in [-0.15, -0.1) is 0 Å². The zero-order valence-electron chi connectivity index (χ0n) is 17.7. The van der Waals surface area contributed by atoms with Crippen molar-refractivity contribution in [3.63, 3.8) is 0 Å². The van der Waals surface area contributed by atoms with Gasteiger partial charge in [0.1, 0.15) is 10.6 Å². The first-order chi connectivity index (χ1) is 14.9. The highest BCUT2D eigenvalue weighted by Crippen LogP contribution is 2.25. The number of nitrogens with zero attached hydrogens (tertiary/aromatic N) is 1. The van der Waals surface area contributed by atoms with Crippen LogP contribution in [0, 0.1) is 0 Å². The Morgan fingerprint density at radius 2 is 1.55 bits per heavy atom. The summed E-state index contributed by atoms with van der Waals surface area (Å²) in [6.07, 6.45) is 4.34. The Balaban J connectivity index is 1.73. The molecule has 2 N–H and O–H groups in total. The van der Waals surface area contributed by atoms with E-state index in [1.807, 2.05) is 4.90 Å². The third kappa shape index (κ3) is 5.42. The van der Waals surface area contributed by atoms with Crippen LogP contribution in [0.25, 0.3) is 0 Å². The molecule has 1 heterocycles. The van der Waals surface area contributed by atoms with E-state index in [1.165, 1.54) is 32.4 Å². The maximum atomic E-state index is 12.7. The van der Waals surface area contributed by atoms with Crippen molar-refractivity contribution in [2.75, 3.05) is 32.6 Å². The summed E-state index contributed by atoms with van der Waals surface area (Å²) in [6, 6.07) is 10.9. The molecule has 2 amide bonds. The Bertz CT molecular complexity index is 1040. The Labute approximate surface area is 182 Å². The number of hydrogen-bond acceptors (Lipinski definition) is 5. The largest absolute Gasteiger partial charge is 0.495 e. The van der Waals surface area contributed by atoms with E-state index in [0.717, 1.165) is 38.8 Å². The van der Waals surface area contributed by atoms with Crippen LogP contribution >= 0.6 is 0 Å². The Hall–Kier alpha value is -2.91. The molecule has 0 atom stereocenters. The standard InChI is InChI=1S/C22H27N3O5S/c1-23-31(28,29)20-15-17(9-12-19(20)30-2)21(26)24-18-10-7-16(8-11-18)22(27)25-13-5-3-4-6-14-25/h7-12,15,23H,3-6,13-14H2,1-2H3,(H,24,26). The monoisotopic (exact) mass is 445 g/mol. The number of anilines is 1. The minimum Gasteiger partial charge on any atom is -0.495 e. The highest BCUT2D eigenvalue weighted by molar-refractivity contribution is 7.89. The first-order valence-electron chi connectivity index (χ1n) is 10.2. The van der Waals surface area contributed by atoms with E-state index < -0.39 is 15.9 Å². The molecule has 0 unspecified atom stereocenters. The van der Waals surface area contributed by atoms with E-state index >= 15 is 0 Å². The van der Waals surface area contributed by atoms with Gasteiger partial charge in [0.05, 0.1) is 7.11 Å². The normalized spacial score (nSPS) is 14.6. The lowest BCUT2D eigenvalue weighted by Crippen LogP contribution is -2.31. The number of amides is 2. The number of hydrogen-bond donors (Lipinski definition) is 2. The van der Waals surface area contributed by atoms with Crippen molar-refractivity contribution < 1.29 is 22.7 Å². The summed E-state index contributed by atoms with van der Waals surface area (Å²) in [6.45, 7) is 1.54. The Morgan fingerprint density at radius 3 is 2.13 bits per heavy atom. The van der Waals surface area contributed by atoms with Crippen molar-refractivity contribution >= 4 is 27.5 Å². The van der Waals surface area contributed by atoms with E-state index in [9.17, 15) is 18.0 Å². The molecule has 9 heteroatoms. The number of likely N-dealkylation sites (tertiary alicyclic amines) is 1. The zero-order valence-corrected chi connectivity index (χ0v) is 18.5. The van der Waals surface area contributed by atoms with Gasteiger partial charge in [0.2, 0.25) is 10.0 Å². The van der Waals surface area contributed by atoms with Crippen LogP contribution in [0.4, 0.5) is 5.69 Å². The molecule has 1 aliphatic rings. The maximum absolute atomic E-state index is 12.7. The molecule has 0 radical (unpaired) electrons. The molecule has 3 rings (SSSR count). The fourth-order valence-electron chi connectivity index (χ4n) is 3.49. The summed E-state index contributed by atoms with van der Waals surface area (Å²) < 4.78 is 31.7. The Morgan fingerprint density at radius 1 is 0.935 bits per heavy atom. The molecule has 1 aliphatic heterocycles. The summed E-state index contributed by atoms with van der Waals surface area (Å²) >= 11 is 0. The molecule has 0 spiro atoms. The number of nitrogens with one attached hydrogen (secondary N) is 2. The molecule has 0 bridgehead atoms. The SMILES string of the molecule is CNS(=O)(=O)c1cc(C(=O)Nc2ccc(C(=O)N3CCCCCC3)cc2)ccc1OC. The van der Waals surface area contributed by atoms with Crippen molar-refractivity contribution in [2.24, 2.45) is 0 Å². The molecule has 31 heavy (non-hydrogen) atoms. The van der Waals surface area contributed by atoms with Gasteiger partial charge in [-0.1, -0.05) is 12.8 Å². The molecule has 0 saturated carbocycles. The lowest BCUT2D eigenvalue weighted by molar-refractivity contribution is 0.0761. The number of sulfonamides is 1. The molecular weight excluding hydrogens is 418 g/mol. The number of benzene rings is 2. The molecule has 8 nitrogen and oxygen atoms in total. The number of carbonyl (C=O) groups excluding carboxylic acids is 2. The van der Waals surface area contributed by atoms with E-state index in [0.29, 0.717) is 11.3 Å². The molecular formula is C22H27N3O5S. The molecule has 2 aromatic rings. The third-order valence-electron chi connectivity index (χ3n) is 5.27. The van der Waals surface area contributed by atoms with Gasteiger partial charge >= 0.3 is 0 Å². The zero-order chi connectivity index (χ0) is 22.4. The van der Waals surface area contributed by atoms with Gasteiger partial charge in [-0.2, -0.15) is 0 Å².